The number of pyridine rings is 1. The molecule has 2 heterocycles. The van der Waals surface area contributed by atoms with Gasteiger partial charge in [0.05, 0.1) is 0 Å². The van der Waals surface area contributed by atoms with Crippen LogP contribution in [0, 0.1) is 24.2 Å². The molecule has 118 valence electrons. The zero-order chi connectivity index (χ0) is 16.3. The third kappa shape index (κ3) is 3.07. The molecule has 1 atom stereocenters. The highest BCUT2D eigenvalue weighted by molar-refractivity contribution is 5.45. The molecule has 0 saturated carbocycles. The first-order valence-electron chi connectivity index (χ1n) is 7.68. The summed E-state index contributed by atoms with van der Waals surface area (Å²) in [6.07, 6.45) is 3.91. The van der Waals surface area contributed by atoms with E-state index < -0.39 is 5.56 Å². The third-order valence-corrected chi connectivity index (χ3v) is 4.36. The maximum Gasteiger partial charge on any atom is 0.271 e. The Morgan fingerprint density at radius 2 is 2.27 bits per heavy atom. The topological polar surface area (TPSA) is 69.3 Å². The molecule has 1 aliphatic heterocycles. The Hall–Kier alpha value is -2.06. The lowest BCUT2D eigenvalue weighted by molar-refractivity contribution is 0.174. The summed E-state index contributed by atoms with van der Waals surface area (Å²) in [5.41, 5.74) is 0.920. The predicted octanol–water partition coefficient (Wildman–Crippen LogP) is 2.15. The highest BCUT2D eigenvalue weighted by Gasteiger charge is 2.22. The molecule has 1 N–H and O–H groups in total. The van der Waals surface area contributed by atoms with Crippen LogP contribution < -0.4 is 5.56 Å². The van der Waals surface area contributed by atoms with Gasteiger partial charge in [-0.15, -0.1) is 6.58 Å². The molecule has 0 bridgehead atoms. The fourth-order valence-electron chi connectivity index (χ4n) is 3.15. The summed E-state index contributed by atoms with van der Waals surface area (Å²) in [6.45, 7) is 10.3. The van der Waals surface area contributed by atoms with Crippen LogP contribution >= 0.6 is 0 Å². The number of nitrogens with zero attached hydrogens (tertiary/aromatic N) is 3. The van der Waals surface area contributed by atoms with Crippen molar-refractivity contribution in [3.63, 3.8) is 0 Å². The lowest BCUT2D eigenvalue weighted by Crippen LogP contribution is -2.35. The van der Waals surface area contributed by atoms with E-state index in [1.165, 1.54) is 11.0 Å². The highest BCUT2D eigenvalue weighted by Crippen LogP contribution is 2.25. The summed E-state index contributed by atoms with van der Waals surface area (Å²) in [7, 11) is 0. The monoisotopic (exact) mass is 301 g/mol. The van der Waals surface area contributed by atoms with Crippen LogP contribution in [0.25, 0.3) is 0 Å². The van der Waals surface area contributed by atoms with Gasteiger partial charge in [0.1, 0.15) is 11.6 Å². The van der Waals surface area contributed by atoms with E-state index in [1.807, 2.05) is 6.07 Å². The largest absolute Gasteiger partial charge is 0.494 e. The molecule has 5 heteroatoms. The summed E-state index contributed by atoms with van der Waals surface area (Å²) in [5.74, 6) is 0.588. The third-order valence-electron chi connectivity index (χ3n) is 4.36. The van der Waals surface area contributed by atoms with E-state index >= 15 is 0 Å². The molecule has 1 aromatic rings. The average molecular weight is 301 g/mol. The van der Waals surface area contributed by atoms with Crippen LogP contribution in [0.4, 0.5) is 0 Å². The summed E-state index contributed by atoms with van der Waals surface area (Å²) >= 11 is 0. The number of rotatable bonds is 4. The molecule has 0 unspecified atom stereocenters. The first-order valence-corrected chi connectivity index (χ1v) is 7.68. The summed E-state index contributed by atoms with van der Waals surface area (Å²) in [5, 5.41) is 19.7. The quantitative estimate of drug-likeness (QED) is 0.865. The van der Waals surface area contributed by atoms with Gasteiger partial charge >= 0.3 is 0 Å². The maximum absolute atomic E-state index is 12.2. The lowest BCUT2D eigenvalue weighted by Gasteiger charge is -2.31. The molecule has 1 saturated heterocycles. The Labute approximate surface area is 131 Å². The molecule has 0 radical (unpaired) electrons. The second-order valence-electron chi connectivity index (χ2n) is 6.10. The minimum absolute atomic E-state index is 0.0420. The van der Waals surface area contributed by atoms with E-state index in [-0.39, 0.29) is 18.0 Å². The van der Waals surface area contributed by atoms with Crippen molar-refractivity contribution < 1.29 is 5.11 Å². The fraction of sp³-hybridized carbons (Fsp3) is 0.529. The van der Waals surface area contributed by atoms with Crippen LogP contribution in [-0.2, 0) is 13.1 Å². The van der Waals surface area contributed by atoms with E-state index in [2.05, 4.69) is 18.4 Å². The molecule has 1 aliphatic rings. The van der Waals surface area contributed by atoms with Gasteiger partial charge in [0.15, 0.2) is 5.88 Å². The van der Waals surface area contributed by atoms with Gasteiger partial charge in [-0.2, -0.15) is 5.26 Å². The number of nitriles is 1. The van der Waals surface area contributed by atoms with Crippen molar-refractivity contribution in [2.24, 2.45) is 5.92 Å². The van der Waals surface area contributed by atoms with Gasteiger partial charge in [-0.05, 0) is 37.8 Å². The standard InChI is InChI=1S/C17H23N3O2/c1-4-7-20-16(21)14(9-18)13(3)15(17(20)22)11-19-8-5-6-12(2)10-19/h4,12,22H,1,5-8,10-11H2,2-3H3/t12-/m1/s1. The van der Waals surface area contributed by atoms with Gasteiger partial charge in [-0.25, -0.2) is 0 Å². The average Bonchev–Trinajstić information content (AvgIpc) is 2.49. The molecule has 1 fully saturated rings. The molecule has 2 rings (SSSR count). The van der Waals surface area contributed by atoms with Crippen molar-refractivity contribution in [2.75, 3.05) is 13.1 Å². The molecule has 1 aromatic heterocycles. The second-order valence-corrected chi connectivity index (χ2v) is 6.10. The van der Waals surface area contributed by atoms with Crippen molar-refractivity contribution >= 4 is 0 Å². The van der Waals surface area contributed by atoms with E-state index in [1.54, 1.807) is 13.0 Å². The van der Waals surface area contributed by atoms with Crippen molar-refractivity contribution in [3.05, 3.63) is 39.7 Å². The number of hydrogen-bond acceptors (Lipinski definition) is 4. The van der Waals surface area contributed by atoms with Crippen LogP contribution in [0.15, 0.2) is 17.4 Å². The Kier molecular flexibility index (Phi) is 5.04. The number of likely N-dealkylation sites (tertiary alicyclic amines) is 1. The molecular weight excluding hydrogens is 278 g/mol. The SMILES string of the molecule is C=CCn1c(O)c(CN2CCC[C@@H](C)C2)c(C)c(C#N)c1=O. The Morgan fingerprint density at radius 3 is 2.86 bits per heavy atom. The van der Waals surface area contributed by atoms with Crippen molar-refractivity contribution in [3.8, 4) is 11.9 Å². The van der Waals surface area contributed by atoms with Gasteiger partial charge in [-0.1, -0.05) is 13.0 Å². The predicted molar refractivity (Wildman–Crippen MR) is 85.7 cm³/mol. The van der Waals surface area contributed by atoms with Gasteiger partial charge in [0, 0.05) is 25.2 Å². The van der Waals surface area contributed by atoms with E-state index in [4.69, 9.17) is 0 Å². The first kappa shape index (κ1) is 16.3. The van der Waals surface area contributed by atoms with Gasteiger partial charge in [0.2, 0.25) is 0 Å². The molecule has 0 amide bonds. The van der Waals surface area contributed by atoms with Crippen LogP contribution in [0.1, 0.15) is 36.5 Å². The Morgan fingerprint density at radius 1 is 1.55 bits per heavy atom. The summed E-state index contributed by atoms with van der Waals surface area (Å²) in [4.78, 5) is 14.5. The number of allylic oxidation sites excluding steroid dienone is 1. The molecule has 0 aromatic carbocycles. The lowest BCUT2D eigenvalue weighted by atomic mass is 9.98. The van der Waals surface area contributed by atoms with E-state index in [0.717, 1.165) is 19.5 Å². The van der Waals surface area contributed by atoms with Crippen LogP contribution in [0.2, 0.25) is 0 Å². The maximum atomic E-state index is 12.2. The number of aromatic hydroxyl groups is 1. The van der Waals surface area contributed by atoms with Crippen molar-refractivity contribution in [1.29, 1.82) is 5.26 Å². The zero-order valence-corrected chi connectivity index (χ0v) is 13.3. The van der Waals surface area contributed by atoms with Crippen LogP contribution in [0.5, 0.6) is 5.88 Å². The van der Waals surface area contributed by atoms with Gasteiger partial charge < -0.3 is 5.11 Å². The smallest absolute Gasteiger partial charge is 0.271 e. The van der Waals surface area contributed by atoms with E-state index in [9.17, 15) is 15.2 Å². The van der Waals surface area contributed by atoms with Gasteiger partial charge in [0.25, 0.3) is 5.56 Å². The number of aromatic nitrogens is 1. The summed E-state index contributed by atoms with van der Waals surface area (Å²) in [6, 6.07) is 1.98. The molecular formula is C17H23N3O2. The summed E-state index contributed by atoms with van der Waals surface area (Å²) < 4.78 is 1.22. The minimum Gasteiger partial charge on any atom is -0.494 e. The highest BCUT2D eigenvalue weighted by atomic mass is 16.3. The minimum atomic E-state index is -0.451. The molecule has 0 spiro atoms. The zero-order valence-electron chi connectivity index (χ0n) is 13.3. The Bertz CT molecular complexity index is 670. The Balaban J connectivity index is 2.46. The van der Waals surface area contributed by atoms with Crippen molar-refractivity contribution in [1.82, 2.24) is 9.47 Å². The van der Waals surface area contributed by atoms with E-state index in [0.29, 0.717) is 23.6 Å². The van der Waals surface area contributed by atoms with Crippen molar-refractivity contribution in [2.45, 2.75) is 39.8 Å². The number of piperidine rings is 1. The molecule has 22 heavy (non-hydrogen) atoms. The van der Waals surface area contributed by atoms with Gasteiger partial charge in [-0.3, -0.25) is 14.3 Å². The van der Waals surface area contributed by atoms with Crippen LogP contribution in [-0.4, -0.2) is 27.7 Å². The fourth-order valence-corrected chi connectivity index (χ4v) is 3.15. The molecule has 0 aliphatic carbocycles. The number of hydrogen-bond donors (Lipinski definition) is 1. The van der Waals surface area contributed by atoms with Crippen LogP contribution in [0.3, 0.4) is 0 Å². The molecule has 5 nitrogen and oxygen atoms in total. The second kappa shape index (κ2) is 6.80. The normalized spacial score (nSPS) is 18.9. The first-order chi connectivity index (χ1) is 10.5.